The molecule has 21 heavy (non-hydrogen) atoms. The summed E-state index contributed by atoms with van der Waals surface area (Å²) in [6.45, 7) is 7.16. The number of anilines is 2. The standard InChI is InChI=1S/C15H19N3O2S/c1-9-7-13(16)12(4)15(11(9)3)21(19,20)18-14-5-6-17-8-10(14)2/h5-8H,16H2,1-4H3,(H,17,18). The van der Waals surface area contributed by atoms with Crippen LogP contribution in [0.25, 0.3) is 0 Å². The molecule has 0 amide bonds. The molecule has 1 aromatic heterocycles. The molecule has 0 aliphatic rings. The predicted octanol–water partition coefficient (Wildman–Crippen LogP) is 2.70. The maximum Gasteiger partial charge on any atom is 0.262 e. The summed E-state index contributed by atoms with van der Waals surface area (Å²) in [5.41, 5.74) is 9.79. The third-order valence-electron chi connectivity index (χ3n) is 3.61. The van der Waals surface area contributed by atoms with Gasteiger partial charge in [-0.2, -0.15) is 0 Å². The Kier molecular flexibility index (Phi) is 3.91. The summed E-state index contributed by atoms with van der Waals surface area (Å²) in [5, 5.41) is 0. The molecule has 112 valence electrons. The number of nitrogens with zero attached hydrogens (tertiary/aromatic N) is 1. The maximum atomic E-state index is 12.7. The quantitative estimate of drug-likeness (QED) is 0.854. The van der Waals surface area contributed by atoms with Crippen molar-refractivity contribution >= 4 is 21.4 Å². The Morgan fingerprint density at radius 2 is 1.76 bits per heavy atom. The van der Waals surface area contributed by atoms with Crippen molar-refractivity contribution in [3.8, 4) is 0 Å². The number of rotatable bonds is 3. The van der Waals surface area contributed by atoms with Crippen LogP contribution in [-0.2, 0) is 10.0 Å². The minimum absolute atomic E-state index is 0.246. The fourth-order valence-corrected chi connectivity index (χ4v) is 3.93. The molecule has 0 spiro atoms. The highest BCUT2D eigenvalue weighted by molar-refractivity contribution is 7.92. The van der Waals surface area contributed by atoms with Crippen molar-refractivity contribution in [2.24, 2.45) is 0 Å². The van der Waals surface area contributed by atoms with Gasteiger partial charge in [-0.25, -0.2) is 8.42 Å². The van der Waals surface area contributed by atoms with Gasteiger partial charge in [-0.3, -0.25) is 9.71 Å². The monoisotopic (exact) mass is 305 g/mol. The van der Waals surface area contributed by atoms with E-state index in [1.54, 1.807) is 45.3 Å². The van der Waals surface area contributed by atoms with E-state index in [9.17, 15) is 8.42 Å². The first-order valence-corrected chi connectivity index (χ1v) is 8.02. The van der Waals surface area contributed by atoms with Crippen LogP contribution < -0.4 is 10.5 Å². The van der Waals surface area contributed by atoms with Crippen molar-refractivity contribution in [2.75, 3.05) is 10.5 Å². The molecule has 0 radical (unpaired) electrons. The topological polar surface area (TPSA) is 85.1 Å². The average Bonchev–Trinajstić information content (AvgIpc) is 2.39. The number of aromatic nitrogens is 1. The highest BCUT2D eigenvalue weighted by Gasteiger charge is 2.23. The molecule has 0 atom stereocenters. The minimum atomic E-state index is -3.70. The van der Waals surface area contributed by atoms with Gasteiger partial charge in [0.25, 0.3) is 10.0 Å². The van der Waals surface area contributed by atoms with E-state index in [1.807, 2.05) is 6.92 Å². The van der Waals surface area contributed by atoms with Crippen molar-refractivity contribution in [3.05, 3.63) is 46.8 Å². The molecule has 2 rings (SSSR count). The van der Waals surface area contributed by atoms with Crippen molar-refractivity contribution in [1.29, 1.82) is 0 Å². The van der Waals surface area contributed by atoms with Crippen LogP contribution in [0, 0.1) is 27.7 Å². The zero-order valence-corrected chi connectivity index (χ0v) is 13.4. The van der Waals surface area contributed by atoms with Crippen LogP contribution in [0.15, 0.2) is 29.4 Å². The second-order valence-corrected chi connectivity index (χ2v) is 6.78. The lowest BCUT2D eigenvalue weighted by Crippen LogP contribution is -2.17. The Morgan fingerprint density at radius 1 is 1.10 bits per heavy atom. The van der Waals surface area contributed by atoms with Crippen molar-refractivity contribution in [2.45, 2.75) is 32.6 Å². The summed E-state index contributed by atoms with van der Waals surface area (Å²) >= 11 is 0. The number of aryl methyl sites for hydroxylation is 2. The highest BCUT2D eigenvalue weighted by Crippen LogP contribution is 2.29. The van der Waals surface area contributed by atoms with Crippen LogP contribution in [-0.4, -0.2) is 13.4 Å². The SMILES string of the molecule is Cc1cnccc1NS(=O)(=O)c1c(C)c(C)cc(N)c1C. The predicted molar refractivity (Wildman–Crippen MR) is 84.8 cm³/mol. The summed E-state index contributed by atoms with van der Waals surface area (Å²) < 4.78 is 28.0. The molecule has 0 aliphatic carbocycles. The Morgan fingerprint density at radius 3 is 2.38 bits per heavy atom. The van der Waals surface area contributed by atoms with Gasteiger partial charge in [0.1, 0.15) is 0 Å². The Hall–Kier alpha value is -2.08. The van der Waals surface area contributed by atoms with Crippen LogP contribution in [0.2, 0.25) is 0 Å². The third kappa shape index (κ3) is 2.85. The zero-order chi connectivity index (χ0) is 15.8. The van der Waals surface area contributed by atoms with Gasteiger partial charge in [-0.05, 0) is 62.1 Å². The smallest absolute Gasteiger partial charge is 0.262 e. The maximum absolute atomic E-state index is 12.7. The third-order valence-corrected chi connectivity index (χ3v) is 5.25. The van der Waals surface area contributed by atoms with Crippen LogP contribution in [0.3, 0.4) is 0 Å². The van der Waals surface area contributed by atoms with Gasteiger partial charge in [0.2, 0.25) is 0 Å². The first-order valence-electron chi connectivity index (χ1n) is 6.53. The van der Waals surface area contributed by atoms with E-state index in [1.165, 1.54) is 0 Å². The summed E-state index contributed by atoms with van der Waals surface area (Å²) in [6.07, 6.45) is 3.16. The molecular weight excluding hydrogens is 286 g/mol. The number of benzene rings is 1. The van der Waals surface area contributed by atoms with Gasteiger partial charge >= 0.3 is 0 Å². The number of pyridine rings is 1. The van der Waals surface area contributed by atoms with E-state index in [4.69, 9.17) is 5.73 Å². The van der Waals surface area contributed by atoms with E-state index in [0.29, 0.717) is 22.5 Å². The van der Waals surface area contributed by atoms with Crippen LogP contribution in [0.5, 0.6) is 0 Å². The van der Waals surface area contributed by atoms with E-state index in [-0.39, 0.29) is 4.90 Å². The number of nitrogen functional groups attached to an aromatic ring is 1. The fraction of sp³-hybridized carbons (Fsp3) is 0.267. The fourth-order valence-electron chi connectivity index (χ4n) is 2.23. The highest BCUT2D eigenvalue weighted by atomic mass is 32.2. The Labute approximate surface area is 125 Å². The molecule has 0 saturated heterocycles. The van der Waals surface area contributed by atoms with Crippen molar-refractivity contribution < 1.29 is 8.42 Å². The first-order chi connectivity index (χ1) is 9.74. The van der Waals surface area contributed by atoms with Crippen LogP contribution >= 0.6 is 0 Å². The molecule has 0 unspecified atom stereocenters. The molecule has 6 heteroatoms. The number of hydrogen-bond acceptors (Lipinski definition) is 4. The van der Waals surface area contributed by atoms with Crippen LogP contribution in [0.1, 0.15) is 22.3 Å². The summed E-state index contributed by atoms with van der Waals surface area (Å²) in [4.78, 5) is 4.20. The Balaban J connectivity index is 2.58. The summed E-state index contributed by atoms with van der Waals surface area (Å²) in [6, 6.07) is 3.43. The molecular formula is C15H19N3O2S. The van der Waals surface area contributed by atoms with E-state index < -0.39 is 10.0 Å². The van der Waals surface area contributed by atoms with Gasteiger partial charge in [0.15, 0.2) is 0 Å². The number of sulfonamides is 1. The normalized spacial score (nSPS) is 11.4. The molecule has 1 heterocycles. The minimum Gasteiger partial charge on any atom is -0.398 e. The summed E-state index contributed by atoms with van der Waals surface area (Å²) in [5.74, 6) is 0. The lowest BCUT2D eigenvalue weighted by atomic mass is 10.1. The lowest BCUT2D eigenvalue weighted by molar-refractivity contribution is 0.600. The first kappa shape index (κ1) is 15.3. The average molecular weight is 305 g/mol. The van der Waals surface area contributed by atoms with Crippen LogP contribution in [0.4, 0.5) is 11.4 Å². The van der Waals surface area contributed by atoms with Gasteiger partial charge in [0.05, 0.1) is 10.6 Å². The van der Waals surface area contributed by atoms with Gasteiger partial charge < -0.3 is 5.73 Å². The van der Waals surface area contributed by atoms with Gasteiger partial charge in [0, 0.05) is 18.1 Å². The molecule has 0 aliphatic heterocycles. The lowest BCUT2D eigenvalue weighted by Gasteiger charge is -2.17. The van der Waals surface area contributed by atoms with Gasteiger partial charge in [-0.15, -0.1) is 0 Å². The number of nitrogens with two attached hydrogens (primary N) is 1. The molecule has 1 aromatic carbocycles. The molecule has 3 N–H and O–H groups in total. The van der Waals surface area contributed by atoms with Gasteiger partial charge in [-0.1, -0.05) is 0 Å². The van der Waals surface area contributed by atoms with Crippen molar-refractivity contribution in [3.63, 3.8) is 0 Å². The second kappa shape index (κ2) is 5.37. The van der Waals surface area contributed by atoms with E-state index >= 15 is 0 Å². The second-order valence-electron chi connectivity index (χ2n) is 5.16. The molecule has 0 bridgehead atoms. The largest absolute Gasteiger partial charge is 0.398 e. The van der Waals surface area contributed by atoms with E-state index in [0.717, 1.165) is 11.1 Å². The molecule has 0 fully saturated rings. The number of hydrogen-bond donors (Lipinski definition) is 2. The van der Waals surface area contributed by atoms with Crippen molar-refractivity contribution in [1.82, 2.24) is 4.98 Å². The molecule has 5 nitrogen and oxygen atoms in total. The molecule has 0 saturated carbocycles. The molecule has 2 aromatic rings. The van der Waals surface area contributed by atoms with E-state index in [2.05, 4.69) is 9.71 Å². The Bertz CT molecular complexity index is 773. The summed E-state index contributed by atoms with van der Waals surface area (Å²) in [7, 11) is -3.70. The zero-order valence-electron chi connectivity index (χ0n) is 12.6. The number of nitrogens with one attached hydrogen (secondary N) is 1.